The highest BCUT2D eigenvalue weighted by atomic mass is 19.4. The van der Waals surface area contributed by atoms with Crippen molar-refractivity contribution in [3.63, 3.8) is 0 Å². The molecule has 1 spiro atoms. The van der Waals surface area contributed by atoms with E-state index in [0.717, 1.165) is 51.9 Å². The van der Waals surface area contributed by atoms with Gasteiger partial charge in [0.1, 0.15) is 0 Å². The summed E-state index contributed by atoms with van der Waals surface area (Å²) in [5, 5.41) is 12.2. The summed E-state index contributed by atoms with van der Waals surface area (Å²) in [6.07, 6.45) is 0.185. The number of pyridine rings is 1. The number of likely N-dealkylation sites (tertiary alicyclic amines) is 1. The van der Waals surface area contributed by atoms with Crippen molar-refractivity contribution >= 4 is 16.9 Å². The van der Waals surface area contributed by atoms with E-state index in [9.17, 15) is 18.0 Å². The van der Waals surface area contributed by atoms with E-state index in [2.05, 4.69) is 27.5 Å². The highest BCUT2D eigenvalue weighted by Crippen LogP contribution is 2.44. The highest BCUT2D eigenvalue weighted by Gasteiger charge is 2.47. The molecular weight excluding hydrogens is 483 g/mol. The lowest BCUT2D eigenvalue weighted by Crippen LogP contribution is -2.41. The molecule has 0 radical (unpaired) electrons. The second-order valence-corrected chi connectivity index (χ2v) is 10.0. The number of carbonyl (C=O) groups is 1. The molecule has 1 N–H and O–H groups in total. The number of nitrogens with zero attached hydrogens (tertiary/aromatic N) is 6. The zero-order chi connectivity index (χ0) is 25.9. The normalized spacial score (nSPS) is 20.1. The zero-order valence-electron chi connectivity index (χ0n) is 20.5. The van der Waals surface area contributed by atoms with Crippen molar-refractivity contribution in [2.45, 2.75) is 43.9 Å². The molecule has 2 aliphatic heterocycles. The molecule has 5 heterocycles. The van der Waals surface area contributed by atoms with Crippen LogP contribution in [0.3, 0.4) is 0 Å². The first kappa shape index (κ1) is 23.5. The van der Waals surface area contributed by atoms with E-state index < -0.39 is 17.9 Å². The third-order valence-electron chi connectivity index (χ3n) is 7.58. The van der Waals surface area contributed by atoms with Crippen molar-refractivity contribution in [2.75, 3.05) is 13.1 Å². The average molecular weight is 510 g/mol. The van der Waals surface area contributed by atoms with Crippen molar-refractivity contribution in [3.05, 3.63) is 65.7 Å². The number of nitrogens with one attached hydrogen (secondary N) is 1. The van der Waals surface area contributed by atoms with Gasteiger partial charge in [-0.15, -0.1) is 0 Å². The van der Waals surface area contributed by atoms with Gasteiger partial charge in [0, 0.05) is 66.7 Å². The number of benzene rings is 1. The molecule has 192 valence electrons. The van der Waals surface area contributed by atoms with Crippen LogP contribution in [0.1, 0.15) is 42.8 Å². The Morgan fingerprint density at radius 2 is 1.92 bits per heavy atom. The van der Waals surface area contributed by atoms with Crippen LogP contribution in [0.2, 0.25) is 0 Å². The van der Waals surface area contributed by atoms with Gasteiger partial charge in [-0.25, -0.2) is 4.79 Å². The Hall–Kier alpha value is -3.89. The van der Waals surface area contributed by atoms with Crippen LogP contribution < -0.4 is 5.32 Å². The number of para-hydroxylation sites is 1. The van der Waals surface area contributed by atoms with E-state index in [1.54, 1.807) is 11.8 Å². The first-order valence-corrected chi connectivity index (χ1v) is 12.2. The van der Waals surface area contributed by atoms with Crippen LogP contribution >= 0.6 is 0 Å². The van der Waals surface area contributed by atoms with Crippen LogP contribution in [0.15, 0.2) is 48.8 Å². The smallest absolute Gasteiger partial charge is 0.331 e. The number of hydrogen-bond donors (Lipinski definition) is 1. The van der Waals surface area contributed by atoms with Crippen molar-refractivity contribution in [3.8, 4) is 11.3 Å². The Bertz CT molecular complexity index is 1510. The number of urea groups is 1. The topological polar surface area (TPSA) is 80.9 Å². The SMILES string of the molecule is CC(NC(=O)N1CCC2(CCn3nc(-c4cnc5ccccc5c4)cc32)C1)c1cn(C)nc1C(F)(F)F. The van der Waals surface area contributed by atoms with Gasteiger partial charge in [0.05, 0.1) is 17.3 Å². The summed E-state index contributed by atoms with van der Waals surface area (Å²) in [4.78, 5) is 19.3. The van der Waals surface area contributed by atoms with Gasteiger partial charge in [0.2, 0.25) is 0 Å². The summed E-state index contributed by atoms with van der Waals surface area (Å²) >= 11 is 0. The minimum absolute atomic E-state index is 0.0511. The van der Waals surface area contributed by atoms with Crippen molar-refractivity contribution in [1.29, 1.82) is 0 Å². The summed E-state index contributed by atoms with van der Waals surface area (Å²) in [7, 11) is 1.43. The average Bonchev–Trinajstić information content (AvgIpc) is 3.63. The van der Waals surface area contributed by atoms with Gasteiger partial charge in [0.15, 0.2) is 5.69 Å². The van der Waals surface area contributed by atoms with Crippen LogP contribution in [-0.4, -0.2) is 48.6 Å². The molecule has 0 aliphatic carbocycles. The Morgan fingerprint density at radius 3 is 2.73 bits per heavy atom. The fourth-order valence-corrected chi connectivity index (χ4v) is 5.67. The fraction of sp³-hybridized carbons (Fsp3) is 0.385. The molecule has 11 heteroatoms. The number of amides is 2. The fourth-order valence-electron chi connectivity index (χ4n) is 5.67. The number of alkyl halides is 3. The summed E-state index contributed by atoms with van der Waals surface area (Å²) in [5.74, 6) is 0. The monoisotopic (exact) mass is 509 g/mol. The second-order valence-electron chi connectivity index (χ2n) is 10.0. The van der Waals surface area contributed by atoms with Crippen LogP contribution in [0, 0.1) is 0 Å². The summed E-state index contributed by atoms with van der Waals surface area (Å²) in [6, 6.07) is 10.9. The van der Waals surface area contributed by atoms with E-state index in [-0.39, 0.29) is 17.0 Å². The van der Waals surface area contributed by atoms with Crippen LogP contribution in [-0.2, 0) is 25.2 Å². The van der Waals surface area contributed by atoms with Gasteiger partial charge in [-0.2, -0.15) is 23.4 Å². The molecule has 1 saturated heterocycles. The highest BCUT2D eigenvalue weighted by molar-refractivity contribution is 5.83. The Labute approximate surface area is 211 Å². The number of halogens is 3. The van der Waals surface area contributed by atoms with Crippen LogP contribution in [0.25, 0.3) is 22.2 Å². The van der Waals surface area contributed by atoms with Gasteiger partial charge in [-0.05, 0) is 38.0 Å². The van der Waals surface area contributed by atoms with Crippen molar-refractivity contribution in [1.82, 2.24) is 34.8 Å². The molecule has 0 bridgehead atoms. The molecule has 37 heavy (non-hydrogen) atoms. The quantitative estimate of drug-likeness (QED) is 0.435. The third-order valence-corrected chi connectivity index (χ3v) is 7.58. The minimum atomic E-state index is -4.59. The first-order chi connectivity index (χ1) is 17.6. The van der Waals surface area contributed by atoms with E-state index >= 15 is 0 Å². The lowest BCUT2D eigenvalue weighted by Gasteiger charge is -2.25. The summed E-state index contributed by atoms with van der Waals surface area (Å²) in [6.45, 7) is 3.32. The number of fused-ring (bicyclic) bond motifs is 3. The maximum atomic E-state index is 13.4. The maximum Gasteiger partial charge on any atom is 0.435 e. The van der Waals surface area contributed by atoms with Gasteiger partial charge >= 0.3 is 12.2 Å². The lowest BCUT2D eigenvalue weighted by atomic mass is 9.82. The standard InChI is InChI=1S/C26H26F3N7O/c1-16(19-14-34(2)33-23(19)26(27,28)29)31-24(37)35-9-7-25(15-35)8-10-36-22(25)12-21(32-36)18-11-17-5-3-4-6-20(17)30-13-18/h3-6,11-14,16H,7-10,15H2,1-2H3,(H,31,37). The molecule has 4 aromatic rings. The molecule has 8 nitrogen and oxygen atoms in total. The van der Waals surface area contributed by atoms with Gasteiger partial charge < -0.3 is 10.2 Å². The van der Waals surface area contributed by atoms with Crippen LogP contribution in [0.5, 0.6) is 0 Å². The van der Waals surface area contributed by atoms with Gasteiger partial charge in [-0.3, -0.25) is 14.3 Å². The molecule has 2 unspecified atom stereocenters. The first-order valence-electron chi connectivity index (χ1n) is 12.2. The maximum absolute atomic E-state index is 13.4. The minimum Gasteiger partial charge on any atom is -0.331 e. The largest absolute Gasteiger partial charge is 0.435 e. The molecule has 2 amide bonds. The van der Waals surface area contributed by atoms with Crippen molar-refractivity contribution in [2.24, 2.45) is 7.05 Å². The molecule has 6 rings (SSSR count). The Kier molecular flexibility index (Phi) is 5.29. The molecule has 1 fully saturated rings. The predicted molar refractivity (Wildman–Crippen MR) is 131 cm³/mol. The second kappa shape index (κ2) is 8.32. The van der Waals surface area contributed by atoms with E-state index in [1.165, 1.54) is 13.2 Å². The van der Waals surface area contributed by atoms with Crippen molar-refractivity contribution < 1.29 is 18.0 Å². The van der Waals surface area contributed by atoms with E-state index in [0.29, 0.717) is 13.1 Å². The third kappa shape index (κ3) is 4.02. The number of hydrogen-bond acceptors (Lipinski definition) is 4. The number of aromatic nitrogens is 5. The number of carbonyl (C=O) groups excluding carboxylic acids is 1. The summed E-state index contributed by atoms with van der Waals surface area (Å²) < 4.78 is 43.3. The molecule has 1 aromatic carbocycles. The van der Waals surface area contributed by atoms with E-state index in [4.69, 9.17) is 5.10 Å². The number of rotatable bonds is 3. The summed E-state index contributed by atoms with van der Waals surface area (Å²) in [5.41, 5.74) is 2.55. The van der Waals surface area contributed by atoms with E-state index in [1.807, 2.05) is 35.1 Å². The predicted octanol–water partition coefficient (Wildman–Crippen LogP) is 4.67. The van der Waals surface area contributed by atoms with Crippen LogP contribution in [0.4, 0.5) is 18.0 Å². The molecular formula is C26H26F3N7O. The van der Waals surface area contributed by atoms with Gasteiger partial charge in [0.25, 0.3) is 0 Å². The number of aryl methyl sites for hydroxylation is 2. The zero-order valence-corrected chi connectivity index (χ0v) is 20.5. The molecule has 2 atom stereocenters. The molecule has 3 aromatic heterocycles. The Balaban J connectivity index is 1.19. The Morgan fingerprint density at radius 1 is 1.14 bits per heavy atom. The van der Waals surface area contributed by atoms with Gasteiger partial charge in [-0.1, -0.05) is 18.2 Å². The molecule has 2 aliphatic rings. The lowest BCUT2D eigenvalue weighted by molar-refractivity contribution is -0.142. The molecule has 0 saturated carbocycles.